The lowest BCUT2D eigenvalue weighted by atomic mass is 9.89. The molecule has 0 spiro atoms. The lowest BCUT2D eigenvalue weighted by Crippen LogP contribution is -2.18. The maximum Gasteiger partial charge on any atom is 0.318 e. The number of esters is 1. The zero-order valence-corrected chi connectivity index (χ0v) is 18.5. The van der Waals surface area contributed by atoms with Gasteiger partial charge in [0, 0.05) is 4.88 Å². The standard InChI is InChI=1S/C26H22N2O3S/c1-14-10-11-19-20(12-14)32-25-23(19)24(29)27-21(28-25)13-31-26(30)22-17-8-4-2-6-15(17)16-7-3-5-9-18(16)22/h2-9,14,22H,10-13H2,1H3,(H,27,28,29)/t14-/m1/s1. The predicted octanol–water partition coefficient (Wildman–Crippen LogP) is 4.97. The summed E-state index contributed by atoms with van der Waals surface area (Å²) in [5.74, 6) is 0.229. The van der Waals surface area contributed by atoms with Crippen molar-refractivity contribution in [1.29, 1.82) is 0 Å². The van der Waals surface area contributed by atoms with Crippen LogP contribution in [0.4, 0.5) is 0 Å². The fourth-order valence-corrected chi connectivity index (χ4v) is 6.50. The van der Waals surface area contributed by atoms with Gasteiger partial charge in [-0.15, -0.1) is 11.3 Å². The Balaban J connectivity index is 1.29. The number of H-pyrrole nitrogens is 1. The molecule has 1 N–H and O–H groups in total. The molecule has 0 saturated carbocycles. The van der Waals surface area contributed by atoms with Crippen molar-refractivity contribution in [1.82, 2.24) is 9.97 Å². The summed E-state index contributed by atoms with van der Waals surface area (Å²) in [5.41, 5.74) is 5.06. The summed E-state index contributed by atoms with van der Waals surface area (Å²) in [6.45, 7) is 2.19. The fraction of sp³-hybridized carbons (Fsp3) is 0.269. The van der Waals surface area contributed by atoms with Crippen molar-refractivity contribution in [3.05, 3.63) is 86.3 Å². The normalized spacial score (nSPS) is 17.1. The number of carbonyl (C=O) groups is 1. The minimum absolute atomic E-state index is 0.0518. The van der Waals surface area contributed by atoms with Gasteiger partial charge in [-0.3, -0.25) is 9.59 Å². The van der Waals surface area contributed by atoms with Crippen molar-refractivity contribution < 1.29 is 9.53 Å². The van der Waals surface area contributed by atoms with Crippen LogP contribution in [0.15, 0.2) is 53.3 Å². The Hall–Kier alpha value is -3.25. The molecule has 160 valence electrons. The van der Waals surface area contributed by atoms with E-state index < -0.39 is 5.92 Å². The van der Waals surface area contributed by atoms with Gasteiger partial charge < -0.3 is 9.72 Å². The number of benzene rings is 2. The van der Waals surface area contributed by atoms with E-state index >= 15 is 0 Å². The molecule has 2 aromatic heterocycles. The average molecular weight is 443 g/mol. The number of hydrogen-bond donors (Lipinski definition) is 1. The molecule has 0 unspecified atom stereocenters. The minimum atomic E-state index is -0.464. The second-order valence-electron chi connectivity index (χ2n) is 8.76. The molecule has 6 heteroatoms. The highest BCUT2D eigenvalue weighted by Crippen LogP contribution is 2.45. The van der Waals surface area contributed by atoms with Gasteiger partial charge in [-0.25, -0.2) is 4.98 Å². The van der Waals surface area contributed by atoms with Gasteiger partial charge in [-0.05, 0) is 53.0 Å². The molecule has 6 rings (SSSR count). The molecular weight excluding hydrogens is 420 g/mol. The smallest absolute Gasteiger partial charge is 0.318 e. The van der Waals surface area contributed by atoms with E-state index in [0.717, 1.165) is 51.9 Å². The van der Waals surface area contributed by atoms with Gasteiger partial charge in [0.05, 0.1) is 5.39 Å². The number of fused-ring (bicyclic) bond motifs is 6. The summed E-state index contributed by atoms with van der Waals surface area (Å²) < 4.78 is 5.68. The van der Waals surface area contributed by atoms with Crippen LogP contribution in [-0.2, 0) is 29.0 Å². The highest BCUT2D eigenvalue weighted by molar-refractivity contribution is 7.18. The molecule has 2 heterocycles. The number of hydrogen-bond acceptors (Lipinski definition) is 5. The van der Waals surface area contributed by atoms with E-state index in [1.54, 1.807) is 11.3 Å². The van der Waals surface area contributed by atoms with Gasteiger partial charge in [0.15, 0.2) is 0 Å². The first-order valence-electron chi connectivity index (χ1n) is 11.0. The van der Waals surface area contributed by atoms with Crippen LogP contribution in [0.5, 0.6) is 0 Å². The van der Waals surface area contributed by atoms with E-state index in [0.29, 0.717) is 17.1 Å². The number of aromatic nitrogens is 2. The zero-order chi connectivity index (χ0) is 21.8. The van der Waals surface area contributed by atoms with E-state index in [1.807, 2.05) is 48.5 Å². The lowest BCUT2D eigenvalue weighted by Gasteiger charge is -2.17. The first-order chi connectivity index (χ1) is 15.6. The van der Waals surface area contributed by atoms with E-state index in [4.69, 9.17) is 4.74 Å². The third-order valence-electron chi connectivity index (χ3n) is 6.64. The van der Waals surface area contributed by atoms with E-state index in [2.05, 4.69) is 16.9 Å². The number of carbonyl (C=O) groups excluding carboxylic acids is 1. The van der Waals surface area contributed by atoms with Crippen LogP contribution < -0.4 is 5.56 Å². The maximum atomic E-state index is 13.1. The summed E-state index contributed by atoms with van der Waals surface area (Å²) in [6.07, 6.45) is 3.03. The molecule has 2 aromatic carbocycles. The second-order valence-corrected chi connectivity index (χ2v) is 9.84. The summed E-state index contributed by atoms with van der Waals surface area (Å²) in [5, 5.41) is 0.714. The summed E-state index contributed by atoms with van der Waals surface area (Å²) >= 11 is 1.60. The number of aromatic amines is 1. The molecule has 0 fully saturated rings. The SMILES string of the molecule is C[C@@H]1CCc2c(sc3nc(COC(=O)C4c5ccccc5-c5ccccc54)[nH]c(=O)c23)C1. The Morgan fingerprint density at radius 3 is 2.53 bits per heavy atom. The van der Waals surface area contributed by atoms with Crippen LogP contribution in [-0.4, -0.2) is 15.9 Å². The highest BCUT2D eigenvalue weighted by atomic mass is 32.1. The lowest BCUT2D eigenvalue weighted by molar-refractivity contribution is -0.145. The fourth-order valence-electron chi connectivity index (χ4n) is 5.09. The molecule has 1 atom stereocenters. The molecule has 2 aliphatic rings. The Kier molecular flexibility index (Phi) is 4.50. The van der Waals surface area contributed by atoms with E-state index in [-0.39, 0.29) is 18.1 Å². The van der Waals surface area contributed by atoms with Crippen molar-refractivity contribution in [3.63, 3.8) is 0 Å². The largest absolute Gasteiger partial charge is 0.457 e. The molecule has 2 aliphatic carbocycles. The summed E-state index contributed by atoms with van der Waals surface area (Å²) in [7, 11) is 0. The first kappa shape index (κ1) is 19.4. The molecule has 32 heavy (non-hydrogen) atoms. The van der Waals surface area contributed by atoms with Crippen molar-refractivity contribution in [2.45, 2.75) is 38.7 Å². The van der Waals surface area contributed by atoms with Crippen LogP contribution in [0.25, 0.3) is 21.3 Å². The topological polar surface area (TPSA) is 72.0 Å². The monoisotopic (exact) mass is 442 g/mol. The third-order valence-corrected chi connectivity index (χ3v) is 7.78. The predicted molar refractivity (Wildman–Crippen MR) is 125 cm³/mol. The number of ether oxygens (including phenoxy) is 1. The van der Waals surface area contributed by atoms with Crippen molar-refractivity contribution >= 4 is 27.5 Å². The van der Waals surface area contributed by atoms with E-state index in [9.17, 15) is 9.59 Å². The van der Waals surface area contributed by atoms with Crippen LogP contribution in [0, 0.1) is 5.92 Å². The molecular formula is C26H22N2O3S. The third kappa shape index (κ3) is 3.01. The first-order valence-corrected chi connectivity index (χ1v) is 11.8. The minimum Gasteiger partial charge on any atom is -0.457 e. The Morgan fingerprint density at radius 1 is 1.12 bits per heavy atom. The number of aryl methyl sites for hydroxylation is 1. The number of nitrogens with one attached hydrogen (secondary N) is 1. The Bertz CT molecular complexity index is 1390. The molecule has 0 saturated heterocycles. The van der Waals surface area contributed by atoms with Gasteiger partial charge in [-0.2, -0.15) is 0 Å². The second kappa shape index (κ2) is 7.41. The Labute approximate surface area is 189 Å². The van der Waals surface area contributed by atoms with Crippen LogP contribution in [0.3, 0.4) is 0 Å². The van der Waals surface area contributed by atoms with Gasteiger partial charge in [0.1, 0.15) is 23.2 Å². The maximum absolute atomic E-state index is 13.1. The molecule has 0 bridgehead atoms. The molecule has 4 aromatic rings. The highest BCUT2D eigenvalue weighted by Gasteiger charge is 2.34. The molecule has 0 amide bonds. The van der Waals surface area contributed by atoms with Crippen molar-refractivity contribution in [3.8, 4) is 11.1 Å². The molecule has 5 nitrogen and oxygen atoms in total. The van der Waals surface area contributed by atoms with Gasteiger partial charge in [-0.1, -0.05) is 55.5 Å². The molecule has 0 aliphatic heterocycles. The average Bonchev–Trinajstić information content (AvgIpc) is 3.33. The Morgan fingerprint density at radius 2 is 1.81 bits per heavy atom. The van der Waals surface area contributed by atoms with E-state index in [1.165, 1.54) is 4.88 Å². The van der Waals surface area contributed by atoms with Crippen molar-refractivity contribution in [2.75, 3.05) is 0 Å². The number of thiophene rings is 1. The summed E-state index contributed by atoms with van der Waals surface area (Å²) in [6, 6.07) is 15.9. The van der Waals surface area contributed by atoms with Gasteiger partial charge in [0.25, 0.3) is 5.56 Å². The number of nitrogens with zero attached hydrogens (tertiary/aromatic N) is 1. The van der Waals surface area contributed by atoms with Crippen LogP contribution >= 0.6 is 11.3 Å². The van der Waals surface area contributed by atoms with Crippen LogP contribution in [0.2, 0.25) is 0 Å². The van der Waals surface area contributed by atoms with Crippen LogP contribution in [0.1, 0.15) is 46.7 Å². The zero-order valence-electron chi connectivity index (χ0n) is 17.7. The molecule has 0 radical (unpaired) electrons. The quantitative estimate of drug-likeness (QED) is 0.455. The van der Waals surface area contributed by atoms with Crippen molar-refractivity contribution in [2.24, 2.45) is 5.92 Å². The number of rotatable bonds is 3. The van der Waals surface area contributed by atoms with Gasteiger partial charge in [0.2, 0.25) is 0 Å². The summed E-state index contributed by atoms with van der Waals surface area (Å²) in [4.78, 5) is 35.5. The van der Waals surface area contributed by atoms with Gasteiger partial charge >= 0.3 is 5.97 Å².